The minimum absolute atomic E-state index is 0.0257. The van der Waals surface area contributed by atoms with Crippen molar-refractivity contribution in [3.05, 3.63) is 28.8 Å². The summed E-state index contributed by atoms with van der Waals surface area (Å²) in [6.07, 6.45) is 1.97. The van der Waals surface area contributed by atoms with Gasteiger partial charge in [-0.05, 0) is 20.8 Å². The molecule has 250 valence electrons. The Bertz CT molecular complexity index is 1410. The van der Waals surface area contributed by atoms with Gasteiger partial charge < -0.3 is 50.6 Å². The topological polar surface area (TPSA) is 273 Å². The molecule has 0 radical (unpaired) electrons. The number of rotatable bonds is 12. The van der Waals surface area contributed by atoms with E-state index in [4.69, 9.17) is 35.3 Å². The Morgan fingerprint density at radius 1 is 1.22 bits per heavy atom. The molecule has 3 aromatic heterocycles. The number of aliphatic carboxylic acids is 2. The highest BCUT2D eigenvalue weighted by molar-refractivity contribution is 6.99. The number of aliphatic hydroxyl groups is 2. The van der Waals surface area contributed by atoms with Crippen molar-refractivity contribution in [2.45, 2.75) is 39.1 Å². The number of hydrogen-bond donors (Lipinski definition) is 7. The highest BCUT2D eigenvalue weighted by Gasteiger charge is 2.21. The fourth-order valence-corrected chi connectivity index (χ4v) is 3.85. The van der Waals surface area contributed by atoms with E-state index >= 15 is 0 Å². The van der Waals surface area contributed by atoms with Crippen molar-refractivity contribution in [1.82, 2.24) is 33.6 Å². The van der Waals surface area contributed by atoms with Crippen LogP contribution in [0.2, 0.25) is 0 Å². The van der Waals surface area contributed by atoms with Crippen LogP contribution in [0.1, 0.15) is 20.8 Å². The number of morpholine rings is 1. The van der Waals surface area contributed by atoms with Gasteiger partial charge in [-0.15, -0.1) is 4.37 Å². The minimum Gasteiger partial charge on any atom is -0.478 e. The fraction of sp³-hybridized carbons (Fsp3) is 0.560. The van der Waals surface area contributed by atoms with Crippen LogP contribution in [0.25, 0.3) is 11.2 Å². The minimum atomic E-state index is -1.26. The Hall–Kier alpha value is -4.21. The zero-order valence-corrected chi connectivity index (χ0v) is 25.9. The molecule has 1 saturated heterocycles. The lowest BCUT2D eigenvalue weighted by atomic mass is 10.1. The van der Waals surface area contributed by atoms with Crippen LogP contribution < -0.4 is 26.2 Å². The number of anilines is 2. The smallest absolute Gasteiger partial charge is 0.328 e. The third-order valence-electron chi connectivity index (χ3n) is 5.36. The van der Waals surface area contributed by atoms with Gasteiger partial charge >= 0.3 is 11.9 Å². The van der Waals surface area contributed by atoms with Gasteiger partial charge in [-0.3, -0.25) is 14.3 Å². The first kappa shape index (κ1) is 37.0. The number of fused-ring (bicyclic) bond motifs is 1. The van der Waals surface area contributed by atoms with E-state index in [1.165, 1.54) is 10.9 Å². The van der Waals surface area contributed by atoms with Crippen LogP contribution in [0.4, 0.5) is 11.8 Å². The zero-order chi connectivity index (χ0) is 33.4. The molecule has 3 aromatic rings. The number of aromatic nitrogens is 6. The predicted octanol–water partition coefficient (Wildman–Crippen LogP) is -1.12. The molecule has 0 saturated carbocycles. The summed E-state index contributed by atoms with van der Waals surface area (Å²) < 4.78 is 26.0. The molecule has 8 N–H and O–H groups in total. The Kier molecular flexibility index (Phi) is 15.3. The second-order valence-corrected chi connectivity index (χ2v) is 10.7. The van der Waals surface area contributed by atoms with Crippen LogP contribution in [-0.4, -0.2) is 125 Å². The van der Waals surface area contributed by atoms with Crippen LogP contribution in [0.5, 0.6) is 5.88 Å². The van der Waals surface area contributed by atoms with Gasteiger partial charge in [0.2, 0.25) is 11.8 Å². The van der Waals surface area contributed by atoms with Gasteiger partial charge in [-0.1, -0.05) is 0 Å². The molecule has 4 heterocycles. The molecule has 0 aliphatic carbocycles. The van der Waals surface area contributed by atoms with Gasteiger partial charge in [-0.25, -0.2) is 14.6 Å². The number of nitrogens with two attached hydrogens (primary N) is 1. The number of carbonyl (C=O) groups is 2. The van der Waals surface area contributed by atoms with Crippen LogP contribution >= 0.6 is 11.7 Å². The van der Waals surface area contributed by atoms with Crippen molar-refractivity contribution < 1.29 is 44.2 Å². The van der Waals surface area contributed by atoms with Crippen LogP contribution in [0.3, 0.4) is 0 Å². The third-order valence-corrected chi connectivity index (χ3v) is 5.86. The maximum atomic E-state index is 11.4. The molecule has 1 aliphatic rings. The Morgan fingerprint density at radius 3 is 2.49 bits per heavy atom. The number of β-amino-alcohol motifs (C(OH)–C–C–N with tert-alkyl or cyclic N) is 1. The lowest BCUT2D eigenvalue weighted by Crippen LogP contribution is -2.42. The summed E-state index contributed by atoms with van der Waals surface area (Å²) in [7, 11) is 0. The number of H-pyrrole nitrogens is 1. The van der Waals surface area contributed by atoms with Gasteiger partial charge in [0.1, 0.15) is 19.4 Å². The SMILES string of the molecule is CC(C)(C)NC[C@H](O)COc1nsnc1N1CCOCC1.Nc1nc2c(ncn2COCCO)c(=O)[nH]1.O=C(O)/C=C\C(=O)O. The maximum absolute atomic E-state index is 11.4. The van der Waals surface area contributed by atoms with E-state index in [1.807, 2.05) is 0 Å². The lowest BCUT2D eigenvalue weighted by molar-refractivity contribution is -0.134. The van der Waals surface area contributed by atoms with E-state index in [2.05, 4.69) is 54.7 Å². The molecule has 1 atom stereocenters. The van der Waals surface area contributed by atoms with Crippen LogP contribution in [0.15, 0.2) is 23.3 Å². The number of ether oxygens (including phenoxy) is 3. The summed E-state index contributed by atoms with van der Waals surface area (Å²) >= 11 is 1.12. The Labute approximate surface area is 261 Å². The number of carboxylic acids is 2. The number of hydrogen-bond acceptors (Lipinski definition) is 16. The molecule has 1 aliphatic heterocycles. The number of carboxylic acid groups (broad SMARTS) is 2. The summed E-state index contributed by atoms with van der Waals surface area (Å²) in [4.78, 5) is 42.8. The molecule has 20 heteroatoms. The van der Waals surface area contributed by atoms with Crippen LogP contribution in [-0.2, 0) is 25.8 Å². The molecule has 4 rings (SSSR count). The number of nitrogens with zero attached hydrogens (tertiary/aromatic N) is 6. The summed E-state index contributed by atoms with van der Waals surface area (Å²) in [5.74, 6) is -1.24. The monoisotopic (exact) mass is 657 g/mol. The molecule has 45 heavy (non-hydrogen) atoms. The number of nitrogens with one attached hydrogen (secondary N) is 2. The molecule has 19 nitrogen and oxygen atoms in total. The fourth-order valence-electron chi connectivity index (χ4n) is 3.33. The molecule has 1 fully saturated rings. The van der Waals surface area contributed by atoms with Gasteiger partial charge in [0.05, 0.1) is 44.5 Å². The molecule has 0 unspecified atom stereocenters. The van der Waals surface area contributed by atoms with Crippen LogP contribution in [0, 0.1) is 0 Å². The molecular weight excluding hydrogens is 618 g/mol. The van der Waals surface area contributed by atoms with Gasteiger partial charge in [0.25, 0.3) is 11.4 Å². The number of nitrogen functional groups attached to an aromatic ring is 1. The first-order valence-corrected chi connectivity index (χ1v) is 14.3. The summed E-state index contributed by atoms with van der Waals surface area (Å²) in [5.41, 5.74) is 5.58. The van der Waals surface area contributed by atoms with Crippen molar-refractivity contribution in [2.24, 2.45) is 0 Å². The first-order chi connectivity index (χ1) is 21.3. The number of aliphatic hydroxyl groups excluding tert-OH is 2. The Morgan fingerprint density at radius 2 is 1.89 bits per heavy atom. The lowest BCUT2D eigenvalue weighted by Gasteiger charge is -2.27. The van der Waals surface area contributed by atoms with Crippen molar-refractivity contribution in [2.75, 3.05) is 63.3 Å². The van der Waals surface area contributed by atoms with E-state index in [0.29, 0.717) is 43.4 Å². The molecular formula is C25H39N9O10S. The average molecular weight is 658 g/mol. The van der Waals surface area contributed by atoms with E-state index in [0.717, 1.165) is 30.6 Å². The zero-order valence-electron chi connectivity index (χ0n) is 25.1. The summed E-state index contributed by atoms with van der Waals surface area (Å²) in [5, 5.41) is 37.4. The van der Waals surface area contributed by atoms with Gasteiger partial charge in [0, 0.05) is 37.3 Å². The van der Waals surface area contributed by atoms with Crippen molar-refractivity contribution in [3.8, 4) is 5.88 Å². The van der Waals surface area contributed by atoms with Gasteiger partial charge in [-0.2, -0.15) is 9.36 Å². The van der Waals surface area contributed by atoms with Crippen molar-refractivity contribution in [1.29, 1.82) is 0 Å². The second kappa shape index (κ2) is 18.6. The van der Waals surface area contributed by atoms with Crippen molar-refractivity contribution in [3.63, 3.8) is 0 Å². The first-order valence-electron chi connectivity index (χ1n) is 13.5. The standard InChI is InChI=1S/C13H24N4O3S.C8H11N5O3.C4H4O4/c1-13(2,3)14-8-10(18)9-20-12-11(15-21-16-12)17-4-6-19-7-5-17;9-8-11-6-5(7(15)12-8)10-3-13(6)4-16-2-1-14;5-3(6)1-2-4(7)8/h10,14,18H,4-9H2,1-3H3;3,14H,1-2,4H2,(H3,9,11,12,15);1-2H,(H,5,6)(H,7,8)/b;;2-1-/t10-;;/m0../s1. The molecule has 0 bridgehead atoms. The number of imidazole rings is 1. The van der Waals surface area contributed by atoms with Gasteiger partial charge in [0.15, 0.2) is 11.2 Å². The van der Waals surface area contributed by atoms with E-state index < -0.39 is 18.0 Å². The largest absolute Gasteiger partial charge is 0.478 e. The van der Waals surface area contributed by atoms with E-state index in [9.17, 15) is 19.5 Å². The highest BCUT2D eigenvalue weighted by Crippen LogP contribution is 2.26. The number of aromatic amines is 1. The summed E-state index contributed by atoms with van der Waals surface area (Å²) in [6, 6.07) is 0. The summed E-state index contributed by atoms with van der Waals surface area (Å²) in [6.45, 7) is 10.1. The quantitative estimate of drug-likeness (QED) is 0.0897. The third kappa shape index (κ3) is 14.0. The second-order valence-electron chi connectivity index (χ2n) is 10.2. The molecule has 0 spiro atoms. The maximum Gasteiger partial charge on any atom is 0.328 e. The molecule has 0 amide bonds. The Balaban J connectivity index is 0.000000259. The average Bonchev–Trinajstić information content (AvgIpc) is 3.62. The van der Waals surface area contributed by atoms with E-state index in [1.54, 1.807) is 0 Å². The highest BCUT2D eigenvalue weighted by atomic mass is 32.1. The normalized spacial score (nSPS) is 13.9. The van der Waals surface area contributed by atoms with Crippen molar-refractivity contribution >= 4 is 46.6 Å². The predicted molar refractivity (Wildman–Crippen MR) is 162 cm³/mol. The van der Waals surface area contributed by atoms with E-state index in [-0.39, 0.29) is 49.1 Å². The molecule has 0 aromatic carbocycles.